The number of nitro groups is 1. The molecule has 7 nitrogen and oxygen atoms in total. The van der Waals surface area contributed by atoms with Crippen molar-refractivity contribution < 1.29 is 23.2 Å². The second-order valence-corrected chi connectivity index (χ2v) is 6.46. The van der Waals surface area contributed by atoms with Gasteiger partial charge in [-0.25, -0.2) is 8.78 Å². The summed E-state index contributed by atoms with van der Waals surface area (Å²) < 4.78 is 35.1. The lowest BCUT2D eigenvalue weighted by Crippen LogP contribution is -2.29. The van der Waals surface area contributed by atoms with Gasteiger partial charge in [0.2, 0.25) is 0 Å². The van der Waals surface area contributed by atoms with E-state index in [1.807, 2.05) is 23.1 Å². The third kappa shape index (κ3) is 4.97. The van der Waals surface area contributed by atoms with Gasteiger partial charge in [0.25, 0.3) is 12.1 Å². The lowest BCUT2D eigenvalue weighted by molar-refractivity contribution is -0.385. The fourth-order valence-electron chi connectivity index (χ4n) is 3.41. The number of alkyl halides is 2. The number of anilines is 2. The van der Waals surface area contributed by atoms with Crippen molar-refractivity contribution in [2.24, 2.45) is 0 Å². The largest absolute Gasteiger partial charge is 0.493 e. The topological polar surface area (TPSA) is 90.9 Å². The van der Waals surface area contributed by atoms with Crippen molar-refractivity contribution in [2.45, 2.75) is 25.8 Å². The number of nitro benzene ring substituents is 1. The van der Waals surface area contributed by atoms with Crippen LogP contribution >= 0.6 is 12.4 Å². The summed E-state index contributed by atoms with van der Waals surface area (Å²) in [6.07, 6.45) is -0.967. The molecule has 0 radical (unpaired) electrons. The van der Waals surface area contributed by atoms with Gasteiger partial charge in [-0.1, -0.05) is 6.07 Å². The van der Waals surface area contributed by atoms with Crippen molar-refractivity contribution in [1.82, 2.24) is 0 Å². The molecule has 2 aromatic rings. The standard InChI is InChI=1S/C19H21F2N3O4.ClH/c1-27-17-8-12(16(24(25)26)9-18(17)28-11-19(20)21)10-23-7-3-4-13-14(22)5-2-6-15(13)23;/h2,5-6,8-9,19H,3-4,7,10-11,22H2,1H3;1H. The Morgan fingerprint density at radius 1 is 1.31 bits per heavy atom. The van der Waals surface area contributed by atoms with E-state index in [1.54, 1.807) is 0 Å². The van der Waals surface area contributed by atoms with Gasteiger partial charge in [-0.2, -0.15) is 0 Å². The van der Waals surface area contributed by atoms with Gasteiger partial charge in [-0.05, 0) is 36.6 Å². The predicted molar refractivity (Wildman–Crippen MR) is 109 cm³/mol. The van der Waals surface area contributed by atoms with Crippen molar-refractivity contribution in [3.05, 3.63) is 51.6 Å². The second kappa shape index (κ2) is 9.60. The van der Waals surface area contributed by atoms with Crippen molar-refractivity contribution in [3.63, 3.8) is 0 Å². The second-order valence-electron chi connectivity index (χ2n) is 6.46. The number of nitrogen functional groups attached to an aromatic ring is 1. The van der Waals surface area contributed by atoms with Crippen LogP contribution in [0, 0.1) is 10.1 Å². The van der Waals surface area contributed by atoms with E-state index in [9.17, 15) is 18.9 Å². The number of benzene rings is 2. The molecule has 0 amide bonds. The molecule has 0 fully saturated rings. The SMILES string of the molecule is COc1cc(CN2CCCc3c(N)cccc32)c([N+](=O)[O-])cc1OCC(F)F.Cl. The molecule has 158 valence electrons. The quantitative estimate of drug-likeness (QED) is 0.403. The Morgan fingerprint density at radius 3 is 2.72 bits per heavy atom. The maximum atomic E-state index is 12.5. The van der Waals surface area contributed by atoms with Gasteiger partial charge in [0.05, 0.1) is 23.7 Å². The van der Waals surface area contributed by atoms with Crippen molar-refractivity contribution >= 4 is 29.5 Å². The van der Waals surface area contributed by atoms with Crippen LogP contribution in [0.25, 0.3) is 0 Å². The number of halogens is 3. The first-order valence-electron chi connectivity index (χ1n) is 8.79. The number of rotatable bonds is 7. The number of methoxy groups -OCH3 is 1. The zero-order chi connectivity index (χ0) is 20.3. The summed E-state index contributed by atoms with van der Waals surface area (Å²) in [7, 11) is 1.36. The van der Waals surface area contributed by atoms with Gasteiger partial charge in [0, 0.05) is 24.5 Å². The molecule has 1 aliphatic rings. The minimum absolute atomic E-state index is 0. The molecule has 0 unspecified atom stereocenters. The molecule has 0 spiro atoms. The van der Waals surface area contributed by atoms with E-state index in [2.05, 4.69) is 0 Å². The van der Waals surface area contributed by atoms with Crippen molar-refractivity contribution in [3.8, 4) is 11.5 Å². The maximum absolute atomic E-state index is 12.5. The number of nitrogens with two attached hydrogens (primary N) is 1. The van der Waals surface area contributed by atoms with Gasteiger partial charge >= 0.3 is 0 Å². The molecule has 0 saturated carbocycles. The fraction of sp³-hybridized carbons (Fsp3) is 0.368. The molecule has 2 aromatic carbocycles. The van der Waals surface area contributed by atoms with E-state index in [-0.39, 0.29) is 36.1 Å². The molecule has 29 heavy (non-hydrogen) atoms. The van der Waals surface area contributed by atoms with E-state index in [0.717, 1.165) is 36.7 Å². The van der Waals surface area contributed by atoms with Crippen molar-refractivity contribution in [1.29, 1.82) is 0 Å². The van der Waals surface area contributed by atoms with Crippen molar-refractivity contribution in [2.75, 3.05) is 30.9 Å². The van der Waals surface area contributed by atoms with Crippen LogP contribution in [0.2, 0.25) is 0 Å². The fourth-order valence-corrected chi connectivity index (χ4v) is 3.41. The van der Waals surface area contributed by atoms with Gasteiger partial charge in [-0.15, -0.1) is 12.4 Å². The summed E-state index contributed by atoms with van der Waals surface area (Å²) in [4.78, 5) is 13.1. The Kier molecular flexibility index (Phi) is 7.44. The molecule has 2 N–H and O–H groups in total. The van der Waals surface area contributed by atoms with Gasteiger partial charge in [0.15, 0.2) is 11.5 Å². The monoisotopic (exact) mass is 429 g/mol. The summed E-state index contributed by atoms with van der Waals surface area (Å²) in [6.45, 7) is 0.115. The van der Waals surface area contributed by atoms with Gasteiger partial charge < -0.3 is 20.1 Å². The normalized spacial score (nSPS) is 12.9. The van der Waals surface area contributed by atoms with Crippen LogP contribution < -0.4 is 20.1 Å². The Morgan fingerprint density at radius 2 is 2.07 bits per heavy atom. The maximum Gasteiger partial charge on any atom is 0.278 e. The Labute approximate surface area is 173 Å². The van der Waals surface area contributed by atoms with E-state index in [1.165, 1.54) is 13.2 Å². The molecular formula is C19H22ClF2N3O4. The highest BCUT2D eigenvalue weighted by Crippen LogP contribution is 2.38. The van der Waals surface area contributed by atoms with Gasteiger partial charge in [-0.3, -0.25) is 10.1 Å². The van der Waals surface area contributed by atoms with E-state index in [4.69, 9.17) is 15.2 Å². The van der Waals surface area contributed by atoms with E-state index >= 15 is 0 Å². The molecule has 3 rings (SSSR count). The van der Waals surface area contributed by atoms with E-state index < -0.39 is 18.0 Å². The molecule has 1 heterocycles. The number of ether oxygens (including phenoxy) is 2. The highest BCUT2D eigenvalue weighted by Gasteiger charge is 2.25. The average Bonchev–Trinajstić information content (AvgIpc) is 2.67. The smallest absolute Gasteiger partial charge is 0.278 e. The number of nitrogens with zero attached hydrogens (tertiary/aromatic N) is 2. The lowest BCUT2D eigenvalue weighted by atomic mass is 9.99. The summed E-state index contributed by atoms with van der Waals surface area (Å²) in [5, 5.41) is 11.6. The van der Waals surface area contributed by atoms with Crippen LogP contribution in [0.3, 0.4) is 0 Å². The molecular weight excluding hydrogens is 408 g/mol. The van der Waals surface area contributed by atoms with E-state index in [0.29, 0.717) is 11.3 Å². The van der Waals surface area contributed by atoms with Crippen LogP contribution in [0.5, 0.6) is 11.5 Å². The average molecular weight is 430 g/mol. The van der Waals surface area contributed by atoms with Crippen LogP contribution in [0.1, 0.15) is 17.5 Å². The molecule has 0 aliphatic carbocycles. The molecule has 0 saturated heterocycles. The summed E-state index contributed by atoms with van der Waals surface area (Å²) in [5.41, 5.74) is 8.93. The zero-order valence-corrected chi connectivity index (χ0v) is 16.6. The zero-order valence-electron chi connectivity index (χ0n) is 15.8. The first-order valence-corrected chi connectivity index (χ1v) is 8.79. The third-order valence-electron chi connectivity index (χ3n) is 4.67. The first-order chi connectivity index (χ1) is 13.4. The third-order valence-corrected chi connectivity index (χ3v) is 4.67. The summed E-state index contributed by atoms with van der Waals surface area (Å²) in [6, 6.07) is 8.24. The molecule has 1 aliphatic heterocycles. The molecule has 10 heteroatoms. The van der Waals surface area contributed by atoms with Crippen LogP contribution in [-0.4, -0.2) is 31.6 Å². The summed E-state index contributed by atoms with van der Waals surface area (Å²) in [5.74, 6) is 0.0904. The Bertz CT molecular complexity index is 883. The Hall–Kier alpha value is -2.81. The highest BCUT2D eigenvalue weighted by atomic mass is 35.5. The Balaban J connectivity index is 0.00000300. The predicted octanol–water partition coefficient (Wildman–Crippen LogP) is 4.20. The number of fused-ring (bicyclic) bond motifs is 1. The minimum Gasteiger partial charge on any atom is -0.493 e. The lowest BCUT2D eigenvalue weighted by Gasteiger charge is -2.32. The molecule has 0 bridgehead atoms. The summed E-state index contributed by atoms with van der Waals surface area (Å²) >= 11 is 0. The minimum atomic E-state index is -2.70. The number of hydrogen-bond donors (Lipinski definition) is 1. The first kappa shape index (κ1) is 22.5. The molecule has 0 atom stereocenters. The van der Waals surface area contributed by atoms with Gasteiger partial charge in [0.1, 0.15) is 6.61 Å². The molecule has 0 aromatic heterocycles. The number of hydrogen-bond acceptors (Lipinski definition) is 6. The highest BCUT2D eigenvalue weighted by molar-refractivity contribution is 5.85. The van der Waals surface area contributed by atoms with Crippen LogP contribution in [0.4, 0.5) is 25.8 Å². The van der Waals surface area contributed by atoms with Crippen LogP contribution in [-0.2, 0) is 13.0 Å². The van der Waals surface area contributed by atoms with Crippen LogP contribution in [0.15, 0.2) is 30.3 Å².